The molecule has 0 heterocycles. The first-order valence-corrected chi connectivity index (χ1v) is 3.82. The number of carboxylic acids is 1. The molecule has 5 heteroatoms. The molecule has 0 saturated carbocycles. The van der Waals surface area contributed by atoms with Crippen LogP contribution in [0, 0.1) is 0 Å². The molecule has 0 saturated heterocycles. The molecule has 0 radical (unpaired) electrons. The van der Waals surface area contributed by atoms with Gasteiger partial charge < -0.3 is 5.11 Å². The molecule has 72 valence electrons. The van der Waals surface area contributed by atoms with E-state index < -0.39 is 25.0 Å². The Morgan fingerprint density at radius 3 is 2.50 bits per heavy atom. The number of alkyl halides is 2. The molecule has 0 rings (SSSR count). The third-order valence-corrected chi connectivity index (χ3v) is 1.39. The summed E-state index contributed by atoms with van der Waals surface area (Å²) in [5.74, 6) is -1.07. The van der Waals surface area contributed by atoms with Gasteiger partial charge in [0.2, 0.25) is 0 Å². The van der Waals surface area contributed by atoms with Crippen LogP contribution in [0.2, 0.25) is 0 Å². The fourth-order valence-corrected chi connectivity index (χ4v) is 0.833. The standard InChI is InChI=1S/C7H13F2NO2/c1-2-3-5(7(11)12)10-4-6(8)9/h5-6,10H,2-4H2,1H3,(H,11,12). The van der Waals surface area contributed by atoms with Gasteiger partial charge >= 0.3 is 5.97 Å². The molecule has 0 aliphatic rings. The van der Waals surface area contributed by atoms with Crippen LogP contribution in [-0.2, 0) is 4.79 Å². The maximum atomic E-state index is 11.6. The lowest BCUT2D eigenvalue weighted by molar-refractivity contribution is -0.139. The number of halogens is 2. The Balaban J connectivity index is 3.71. The highest BCUT2D eigenvalue weighted by Crippen LogP contribution is 1.98. The minimum Gasteiger partial charge on any atom is -0.480 e. The first kappa shape index (κ1) is 11.3. The summed E-state index contributed by atoms with van der Waals surface area (Å²) >= 11 is 0. The summed E-state index contributed by atoms with van der Waals surface area (Å²) in [5.41, 5.74) is 0. The number of hydrogen-bond donors (Lipinski definition) is 2. The molecule has 0 fully saturated rings. The van der Waals surface area contributed by atoms with Gasteiger partial charge in [0.05, 0.1) is 6.54 Å². The minimum atomic E-state index is -2.50. The highest BCUT2D eigenvalue weighted by molar-refractivity contribution is 5.73. The molecule has 0 spiro atoms. The Labute approximate surface area is 69.8 Å². The number of nitrogens with one attached hydrogen (secondary N) is 1. The van der Waals surface area contributed by atoms with Crippen LogP contribution in [0.1, 0.15) is 19.8 Å². The topological polar surface area (TPSA) is 49.3 Å². The van der Waals surface area contributed by atoms with Gasteiger partial charge in [-0.05, 0) is 6.42 Å². The zero-order chi connectivity index (χ0) is 9.56. The number of carbonyl (C=O) groups is 1. The maximum absolute atomic E-state index is 11.6. The Hall–Kier alpha value is -0.710. The van der Waals surface area contributed by atoms with E-state index >= 15 is 0 Å². The van der Waals surface area contributed by atoms with Gasteiger partial charge in [-0.25, -0.2) is 8.78 Å². The van der Waals surface area contributed by atoms with Crippen molar-refractivity contribution in [3.8, 4) is 0 Å². The molecular weight excluding hydrogens is 168 g/mol. The third kappa shape index (κ3) is 5.01. The van der Waals surface area contributed by atoms with Crippen molar-refractivity contribution in [3.05, 3.63) is 0 Å². The molecule has 0 aliphatic carbocycles. The predicted octanol–water partition coefficient (Wildman–Crippen LogP) is 1.09. The van der Waals surface area contributed by atoms with Gasteiger partial charge in [0.1, 0.15) is 6.04 Å². The van der Waals surface area contributed by atoms with Gasteiger partial charge in [-0.1, -0.05) is 13.3 Å². The van der Waals surface area contributed by atoms with Gasteiger partial charge in [0.25, 0.3) is 6.43 Å². The zero-order valence-corrected chi connectivity index (χ0v) is 6.89. The molecule has 3 nitrogen and oxygen atoms in total. The van der Waals surface area contributed by atoms with Crippen molar-refractivity contribution in [3.63, 3.8) is 0 Å². The number of rotatable bonds is 6. The van der Waals surface area contributed by atoms with Crippen LogP contribution in [0.15, 0.2) is 0 Å². The van der Waals surface area contributed by atoms with E-state index in [2.05, 4.69) is 5.32 Å². The number of carboxylic acid groups (broad SMARTS) is 1. The van der Waals surface area contributed by atoms with Gasteiger partial charge in [0, 0.05) is 0 Å². The largest absolute Gasteiger partial charge is 0.480 e. The van der Waals surface area contributed by atoms with Crippen molar-refractivity contribution in [2.45, 2.75) is 32.2 Å². The van der Waals surface area contributed by atoms with Crippen LogP contribution in [0.5, 0.6) is 0 Å². The van der Waals surface area contributed by atoms with Crippen molar-refractivity contribution < 1.29 is 18.7 Å². The van der Waals surface area contributed by atoms with Crippen molar-refractivity contribution in [2.24, 2.45) is 0 Å². The van der Waals surface area contributed by atoms with Gasteiger partial charge in [-0.15, -0.1) is 0 Å². The molecule has 0 aliphatic heterocycles. The molecule has 0 amide bonds. The summed E-state index contributed by atoms with van der Waals surface area (Å²) in [6.07, 6.45) is -1.46. The number of hydrogen-bond acceptors (Lipinski definition) is 2. The smallest absolute Gasteiger partial charge is 0.320 e. The second-order valence-corrected chi connectivity index (χ2v) is 2.48. The average Bonchev–Trinajstić information content (AvgIpc) is 1.96. The maximum Gasteiger partial charge on any atom is 0.320 e. The summed E-state index contributed by atoms with van der Waals surface area (Å²) < 4.78 is 23.3. The Morgan fingerprint density at radius 1 is 1.58 bits per heavy atom. The molecule has 0 aromatic carbocycles. The average molecular weight is 181 g/mol. The predicted molar refractivity (Wildman–Crippen MR) is 40.3 cm³/mol. The fraction of sp³-hybridized carbons (Fsp3) is 0.857. The van der Waals surface area contributed by atoms with Crippen LogP contribution >= 0.6 is 0 Å². The molecule has 2 N–H and O–H groups in total. The summed E-state index contributed by atoms with van der Waals surface area (Å²) in [4.78, 5) is 10.4. The monoisotopic (exact) mass is 181 g/mol. The molecule has 0 aromatic rings. The van der Waals surface area contributed by atoms with E-state index in [1.807, 2.05) is 0 Å². The SMILES string of the molecule is CCCC(NCC(F)F)C(=O)O. The van der Waals surface area contributed by atoms with E-state index in [9.17, 15) is 13.6 Å². The molecule has 0 aromatic heterocycles. The summed E-state index contributed by atoms with van der Waals surface area (Å²) in [6.45, 7) is 1.25. The van der Waals surface area contributed by atoms with Crippen molar-refractivity contribution in [1.29, 1.82) is 0 Å². The van der Waals surface area contributed by atoms with Crippen LogP contribution in [-0.4, -0.2) is 30.1 Å². The molecule has 1 atom stereocenters. The van der Waals surface area contributed by atoms with Gasteiger partial charge in [-0.2, -0.15) is 0 Å². The lowest BCUT2D eigenvalue weighted by Gasteiger charge is -2.12. The van der Waals surface area contributed by atoms with Crippen molar-refractivity contribution in [2.75, 3.05) is 6.54 Å². The highest BCUT2D eigenvalue weighted by atomic mass is 19.3. The molecule has 12 heavy (non-hydrogen) atoms. The van der Waals surface area contributed by atoms with E-state index in [4.69, 9.17) is 5.11 Å². The minimum absolute atomic E-state index is 0.377. The van der Waals surface area contributed by atoms with E-state index in [1.165, 1.54) is 0 Å². The zero-order valence-electron chi connectivity index (χ0n) is 6.89. The Kier molecular flexibility index (Phi) is 5.53. The second-order valence-electron chi connectivity index (χ2n) is 2.48. The Bertz CT molecular complexity index is 141. The summed E-state index contributed by atoms with van der Waals surface area (Å²) in [6, 6.07) is -0.844. The Morgan fingerprint density at radius 2 is 2.17 bits per heavy atom. The quantitative estimate of drug-likeness (QED) is 0.645. The van der Waals surface area contributed by atoms with Crippen LogP contribution in [0.3, 0.4) is 0 Å². The summed E-state index contributed by atoms with van der Waals surface area (Å²) in [7, 11) is 0. The number of aliphatic carboxylic acids is 1. The van der Waals surface area contributed by atoms with Crippen molar-refractivity contribution >= 4 is 5.97 Å². The van der Waals surface area contributed by atoms with E-state index in [1.54, 1.807) is 6.92 Å². The van der Waals surface area contributed by atoms with Crippen LogP contribution < -0.4 is 5.32 Å². The molecule has 0 bridgehead atoms. The molecular formula is C7H13F2NO2. The van der Waals surface area contributed by atoms with Gasteiger partial charge in [0.15, 0.2) is 0 Å². The van der Waals surface area contributed by atoms with Crippen LogP contribution in [0.25, 0.3) is 0 Å². The van der Waals surface area contributed by atoms with E-state index in [0.29, 0.717) is 12.8 Å². The first-order chi connectivity index (χ1) is 5.57. The van der Waals surface area contributed by atoms with E-state index in [-0.39, 0.29) is 0 Å². The fourth-order valence-electron chi connectivity index (χ4n) is 0.833. The molecule has 1 unspecified atom stereocenters. The first-order valence-electron chi connectivity index (χ1n) is 3.82. The lowest BCUT2D eigenvalue weighted by atomic mass is 10.2. The van der Waals surface area contributed by atoms with E-state index in [0.717, 1.165) is 0 Å². The van der Waals surface area contributed by atoms with Crippen molar-refractivity contribution in [1.82, 2.24) is 5.32 Å². The normalized spacial score (nSPS) is 13.3. The second kappa shape index (κ2) is 5.88. The summed E-state index contributed by atoms with van der Waals surface area (Å²) in [5, 5.41) is 10.8. The third-order valence-electron chi connectivity index (χ3n) is 1.39. The van der Waals surface area contributed by atoms with Gasteiger partial charge in [-0.3, -0.25) is 10.1 Å². The lowest BCUT2D eigenvalue weighted by Crippen LogP contribution is -2.39. The highest BCUT2D eigenvalue weighted by Gasteiger charge is 2.16. The van der Waals surface area contributed by atoms with Crippen LogP contribution in [0.4, 0.5) is 8.78 Å².